The zero-order chi connectivity index (χ0) is 11.0. The van der Waals surface area contributed by atoms with Crippen molar-refractivity contribution in [1.29, 1.82) is 0 Å². The maximum Gasteiger partial charge on any atom is 0.333 e. The molecule has 0 fully saturated rings. The predicted octanol–water partition coefficient (Wildman–Crippen LogP) is 0.257. The summed E-state index contributed by atoms with van der Waals surface area (Å²) >= 11 is 0. The van der Waals surface area contributed by atoms with Crippen molar-refractivity contribution in [2.45, 2.75) is 6.92 Å². The minimum Gasteiger partial charge on any atom is -0.466 e. The normalized spacial score (nSPS) is 11.9. The quantitative estimate of drug-likeness (QED) is 0.379. The standard InChI is InChI=1S/C10H20N2O2/c1-9(10(13)14-4)5-6-11-7-8-12(2)3/h5,11H,6-8H2,1-4H3. The summed E-state index contributed by atoms with van der Waals surface area (Å²) in [6, 6.07) is 0. The van der Waals surface area contributed by atoms with Crippen LogP contribution in [0.15, 0.2) is 11.6 Å². The van der Waals surface area contributed by atoms with E-state index in [9.17, 15) is 4.79 Å². The molecule has 0 aromatic rings. The Morgan fingerprint density at radius 2 is 2.14 bits per heavy atom. The molecule has 0 aliphatic rings. The fraction of sp³-hybridized carbons (Fsp3) is 0.700. The van der Waals surface area contributed by atoms with Crippen LogP contribution in [0, 0.1) is 0 Å². The fourth-order valence-electron chi connectivity index (χ4n) is 0.874. The van der Waals surface area contributed by atoms with Crippen molar-refractivity contribution in [3.05, 3.63) is 11.6 Å². The monoisotopic (exact) mass is 200 g/mol. The number of hydrogen-bond donors (Lipinski definition) is 1. The molecule has 1 N–H and O–H groups in total. The zero-order valence-corrected chi connectivity index (χ0v) is 9.46. The van der Waals surface area contributed by atoms with Crippen molar-refractivity contribution in [2.75, 3.05) is 40.8 Å². The maximum atomic E-state index is 11.0. The van der Waals surface area contributed by atoms with Gasteiger partial charge in [-0.15, -0.1) is 0 Å². The molecule has 0 rings (SSSR count). The van der Waals surface area contributed by atoms with E-state index in [1.54, 1.807) is 6.92 Å². The van der Waals surface area contributed by atoms with Crippen LogP contribution in [-0.4, -0.2) is 51.7 Å². The molecule has 0 heterocycles. The van der Waals surface area contributed by atoms with Crippen LogP contribution in [0.2, 0.25) is 0 Å². The number of hydrogen-bond acceptors (Lipinski definition) is 4. The lowest BCUT2D eigenvalue weighted by molar-refractivity contribution is -0.136. The summed E-state index contributed by atoms with van der Waals surface area (Å²) in [6.45, 7) is 4.36. The van der Waals surface area contributed by atoms with Crippen molar-refractivity contribution >= 4 is 5.97 Å². The van der Waals surface area contributed by atoms with Gasteiger partial charge in [-0.05, 0) is 21.0 Å². The number of rotatable bonds is 6. The lowest BCUT2D eigenvalue weighted by Crippen LogP contribution is -2.26. The summed E-state index contributed by atoms with van der Waals surface area (Å²) in [4.78, 5) is 13.1. The Balaban J connectivity index is 3.56. The molecule has 0 aromatic heterocycles. The number of carbonyl (C=O) groups excluding carboxylic acids is 1. The van der Waals surface area contributed by atoms with Gasteiger partial charge in [-0.25, -0.2) is 4.79 Å². The average molecular weight is 200 g/mol. The average Bonchev–Trinajstić information content (AvgIpc) is 2.15. The molecule has 4 heteroatoms. The summed E-state index contributed by atoms with van der Waals surface area (Å²) in [7, 11) is 5.44. The Morgan fingerprint density at radius 1 is 1.50 bits per heavy atom. The summed E-state index contributed by atoms with van der Waals surface area (Å²) in [5.74, 6) is -0.264. The largest absolute Gasteiger partial charge is 0.466 e. The van der Waals surface area contributed by atoms with E-state index in [-0.39, 0.29) is 5.97 Å². The molecule has 4 nitrogen and oxygen atoms in total. The molecule has 0 spiro atoms. The molecule has 0 unspecified atom stereocenters. The summed E-state index contributed by atoms with van der Waals surface area (Å²) in [5.41, 5.74) is 0.643. The highest BCUT2D eigenvalue weighted by Gasteiger charge is 2.00. The number of methoxy groups -OCH3 is 1. The first-order valence-electron chi connectivity index (χ1n) is 4.68. The van der Waals surface area contributed by atoms with Gasteiger partial charge in [-0.2, -0.15) is 0 Å². The Kier molecular flexibility index (Phi) is 7.06. The molecule has 0 radical (unpaired) electrons. The van der Waals surface area contributed by atoms with Crippen LogP contribution in [0.1, 0.15) is 6.92 Å². The number of nitrogens with zero attached hydrogens (tertiary/aromatic N) is 1. The minimum atomic E-state index is -0.264. The number of likely N-dealkylation sites (N-methyl/N-ethyl adjacent to an activating group) is 1. The third kappa shape index (κ3) is 6.62. The van der Waals surface area contributed by atoms with Crippen LogP contribution in [0.3, 0.4) is 0 Å². The van der Waals surface area contributed by atoms with E-state index in [0.717, 1.165) is 13.1 Å². The molecule has 0 aliphatic heterocycles. The Morgan fingerprint density at radius 3 is 2.64 bits per heavy atom. The SMILES string of the molecule is COC(=O)C(C)=CCNCCN(C)C. The van der Waals surface area contributed by atoms with Crippen LogP contribution in [0.5, 0.6) is 0 Å². The van der Waals surface area contributed by atoms with Gasteiger partial charge in [-0.3, -0.25) is 0 Å². The van der Waals surface area contributed by atoms with Crippen LogP contribution in [0.25, 0.3) is 0 Å². The van der Waals surface area contributed by atoms with E-state index in [2.05, 4.69) is 15.0 Å². The molecule has 0 saturated carbocycles. The number of carbonyl (C=O) groups is 1. The molecule has 0 atom stereocenters. The molecule has 0 aliphatic carbocycles. The number of ether oxygens (including phenoxy) is 1. The van der Waals surface area contributed by atoms with Gasteiger partial charge in [0.2, 0.25) is 0 Å². The predicted molar refractivity (Wildman–Crippen MR) is 57.2 cm³/mol. The molecule has 82 valence electrons. The molecule has 14 heavy (non-hydrogen) atoms. The van der Waals surface area contributed by atoms with Gasteiger partial charge in [0, 0.05) is 25.2 Å². The van der Waals surface area contributed by atoms with Gasteiger partial charge in [0.1, 0.15) is 0 Å². The highest BCUT2D eigenvalue weighted by atomic mass is 16.5. The lowest BCUT2D eigenvalue weighted by Gasteiger charge is -2.09. The van der Waals surface area contributed by atoms with Gasteiger partial charge in [-0.1, -0.05) is 6.08 Å². The molecule has 0 saturated heterocycles. The minimum absolute atomic E-state index is 0.264. The molecular formula is C10H20N2O2. The summed E-state index contributed by atoms with van der Waals surface area (Å²) < 4.78 is 4.56. The van der Waals surface area contributed by atoms with Crippen molar-refractivity contribution in [3.63, 3.8) is 0 Å². The summed E-state index contributed by atoms with van der Waals surface area (Å²) in [6.07, 6.45) is 1.83. The molecule has 0 aromatic carbocycles. The first-order chi connectivity index (χ1) is 6.57. The van der Waals surface area contributed by atoms with Crippen LogP contribution < -0.4 is 5.32 Å². The van der Waals surface area contributed by atoms with E-state index >= 15 is 0 Å². The van der Waals surface area contributed by atoms with Gasteiger partial charge >= 0.3 is 5.97 Å². The van der Waals surface area contributed by atoms with Gasteiger partial charge < -0.3 is 15.0 Å². The third-order valence-corrected chi connectivity index (χ3v) is 1.80. The maximum absolute atomic E-state index is 11.0. The second-order valence-electron chi connectivity index (χ2n) is 3.39. The van der Waals surface area contributed by atoms with Gasteiger partial charge in [0.05, 0.1) is 7.11 Å². The van der Waals surface area contributed by atoms with Crippen molar-refractivity contribution in [3.8, 4) is 0 Å². The Labute approximate surface area is 85.9 Å². The Bertz CT molecular complexity index is 200. The summed E-state index contributed by atoms with van der Waals surface area (Å²) in [5, 5.41) is 3.20. The molecular weight excluding hydrogens is 180 g/mol. The van der Waals surface area contributed by atoms with Crippen molar-refractivity contribution in [2.24, 2.45) is 0 Å². The fourth-order valence-corrected chi connectivity index (χ4v) is 0.874. The zero-order valence-electron chi connectivity index (χ0n) is 9.46. The second kappa shape index (κ2) is 7.53. The molecule has 0 amide bonds. The van der Waals surface area contributed by atoms with E-state index in [1.165, 1.54) is 7.11 Å². The number of esters is 1. The van der Waals surface area contributed by atoms with E-state index in [4.69, 9.17) is 0 Å². The lowest BCUT2D eigenvalue weighted by atomic mass is 10.3. The van der Waals surface area contributed by atoms with E-state index in [0.29, 0.717) is 12.1 Å². The highest BCUT2D eigenvalue weighted by Crippen LogP contribution is 1.93. The first-order valence-corrected chi connectivity index (χ1v) is 4.68. The van der Waals surface area contributed by atoms with Crippen molar-refractivity contribution < 1.29 is 9.53 Å². The first kappa shape index (κ1) is 13.1. The third-order valence-electron chi connectivity index (χ3n) is 1.80. The Hall–Kier alpha value is -0.870. The van der Waals surface area contributed by atoms with Crippen molar-refractivity contribution in [1.82, 2.24) is 10.2 Å². The highest BCUT2D eigenvalue weighted by molar-refractivity contribution is 5.87. The van der Waals surface area contributed by atoms with Crippen LogP contribution >= 0.6 is 0 Å². The second-order valence-corrected chi connectivity index (χ2v) is 3.39. The van der Waals surface area contributed by atoms with E-state index in [1.807, 2.05) is 20.2 Å². The van der Waals surface area contributed by atoms with Gasteiger partial charge in [0.15, 0.2) is 0 Å². The van der Waals surface area contributed by atoms with Gasteiger partial charge in [0.25, 0.3) is 0 Å². The topological polar surface area (TPSA) is 41.6 Å². The van der Waals surface area contributed by atoms with Crippen LogP contribution in [0.4, 0.5) is 0 Å². The molecule has 0 bridgehead atoms. The number of nitrogens with one attached hydrogen (secondary N) is 1. The van der Waals surface area contributed by atoms with E-state index < -0.39 is 0 Å². The van der Waals surface area contributed by atoms with Crippen LogP contribution in [-0.2, 0) is 9.53 Å². The smallest absolute Gasteiger partial charge is 0.333 e.